The number of pyridine rings is 1. The van der Waals surface area contributed by atoms with Crippen LogP contribution in [-0.4, -0.2) is 37.4 Å². The van der Waals surface area contributed by atoms with Crippen molar-refractivity contribution in [1.29, 1.82) is 0 Å². The number of aromatic carboxylic acids is 1. The molecule has 3 aromatic rings. The highest BCUT2D eigenvalue weighted by Gasteiger charge is 2.25. The zero-order chi connectivity index (χ0) is 21.3. The zero-order valence-corrected chi connectivity index (χ0v) is 17.2. The van der Waals surface area contributed by atoms with Crippen molar-refractivity contribution in [2.24, 2.45) is 0 Å². The second-order valence-electron chi connectivity index (χ2n) is 7.11. The summed E-state index contributed by atoms with van der Waals surface area (Å²) in [5.41, 5.74) is 4.37. The van der Waals surface area contributed by atoms with Crippen LogP contribution >= 0.6 is 0 Å². The quantitative estimate of drug-likeness (QED) is 0.655. The number of ether oxygens (including phenoxy) is 3. The number of rotatable bonds is 5. The number of nitrogens with zero attached hydrogens (tertiary/aromatic N) is 1. The third kappa shape index (κ3) is 3.34. The molecule has 0 bridgehead atoms. The molecule has 0 saturated carbocycles. The van der Waals surface area contributed by atoms with Crippen molar-refractivity contribution in [3.8, 4) is 17.2 Å². The molecule has 6 heteroatoms. The summed E-state index contributed by atoms with van der Waals surface area (Å²) in [6, 6.07) is 11.0. The first-order valence-electron chi connectivity index (χ1n) is 9.73. The Kier molecular flexibility index (Phi) is 5.31. The number of methoxy groups -OCH3 is 3. The van der Waals surface area contributed by atoms with Crippen LogP contribution in [0.2, 0.25) is 0 Å². The van der Waals surface area contributed by atoms with Gasteiger partial charge in [0.05, 0.1) is 38.1 Å². The number of hydrogen-bond donors (Lipinski definition) is 1. The molecule has 0 unspecified atom stereocenters. The number of carboxylic acid groups (broad SMARTS) is 1. The molecule has 0 amide bonds. The Labute approximate surface area is 174 Å². The minimum atomic E-state index is -0.921. The Hall–Kier alpha value is -3.54. The molecule has 0 radical (unpaired) electrons. The Balaban J connectivity index is 1.94. The molecule has 6 nitrogen and oxygen atoms in total. The van der Waals surface area contributed by atoms with Gasteiger partial charge >= 0.3 is 5.97 Å². The first kappa shape index (κ1) is 19.8. The summed E-state index contributed by atoms with van der Waals surface area (Å²) in [4.78, 5) is 16.9. The van der Waals surface area contributed by atoms with Crippen LogP contribution in [0.3, 0.4) is 0 Å². The molecule has 1 heterocycles. The number of para-hydroxylation sites is 1. The molecule has 154 valence electrons. The van der Waals surface area contributed by atoms with Gasteiger partial charge in [-0.05, 0) is 48.6 Å². The molecule has 0 aliphatic heterocycles. The van der Waals surface area contributed by atoms with Gasteiger partial charge in [-0.25, -0.2) is 9.78 Å². The van der Waals surface area contributed by atoms with Crippen LogP contribution in [-0.2, 0) is 6.42 Å². The summed E-state index contributed by atoms with van der Waals surface area (Å²) in [6.07, 6.45) is 4.35. The molecule has 1 aromatic heterocycles. The SMILES string of the molecule is COc1cc(OC)c(OC)cc1C=C1CCCc2c1nc1ccccc1c2C(=O)O. The molecule has 1 aliphatic rings. The number of hydrogen-bond acceptors (Lipinski definition) is 5. The van der Waals surface area contributed by atoms with Crippen molar-refractivity contribution in [3.05, 3.63) is 58.8 Å². The monoisotopic (exact) mass is 405 g/mol. The molecular weight excluding hydrogens is 382 g/mol. The van der Waals surface area contributed by atoms with Gasteiger partial charge in [-0.15, -0.1) is 0 Å². The van der Waals surface area contributed by atoms with Gasteiger partial charge in [-0.1, -0.05) is 18.2 Å². The largest absolute Gasteiger partial charge is 0.496 e. The van der Waals surface area contributed by atoms with Gasteiger partial charge in [-0.2, -0.15) is 0 Å². The van der Waals surface area contributed by atoms with Crippen molar-refractivity contribution in [3.63, 3.8) is 0 Å². The van der Waals surface area contributed by atoms with E-state index in [1.165, 1.54) is 0 Å². The van der Waals surface area contributed by atoms with E-state index in [1.807, 2.05) is 36.4 Å². The summed E-state index contributed by atoms with van der Waals surface area (Å²) in [6.45, 7) is 0. The van der Waals surface area contributed by atoms with Gasteiger partial charge in [0.2, 0.25) is 0 Å². The number of benzene rings is 2. The fraction of sp³-hybridized carbons (Fsp3) is 0.250. The van der Waals surface area contributed by atoms with Crippen LogP contribution in [0.25, 0.3) is 22.6 Å². The number of fused-ring (bicyclic) bond motifs is 2. The maximum Gasteiger partial charge on any atom is 0.336 e. The molecule has 1 N–H and O–H groups in total. The van der Waals surface area contributed by atoms with Gasteiger partial charge in [-0.3, -0.25) is 0 Å². The van der Waals surface area contributed by atoms with Crippen LogP contribution in [0.15, 0.2) is 36.4 Å². The van der Waals surface area contributed by atoms with E-state index in [9.17, 15) is 9.90 Å². The molecule has 0 saturated heterocycles. The smallest absolute Gasteiger partial charge is 0.336 e. The van der Waals surface area contributed by atoms with Gasteiger partial charge in [0.1, 0.15) is 5.75 Å². The van der Waals surface area contributed by atoms with Crippen molar-refractivity contribution >= 4 is 28.5 Å². The van der Waals surface area contributed by atoms with Crippen molar-refractivity contribution in [2.75, 3.05) is 21.3 Å². The predicted molar refractivity (Wildman–Crippen MR) is 116 cm³/mol. The summed E-state index contributed by atoms with van der Waals surface area (Å²) < 4.78 is 16.4. The molecule has 4 rings (SSSR count). The lowest BCUT2D eigenvalue weighted by molar-refractivity contribution is 0.0697. The molecule has 0 fully saturated rings. The maximum atomic E-state index is 12.1. The lowest BCUT2D eigenvalue weighted by Crippen LogP contribution is -2.13. The van der Waals surface area contributed by atoms with E-state index in [0.717, 1.165) is 35.2 Å². The first-order valence-corrected chi connectivity index (χ1v) is 9.73. The number of carboxylic acids is 1. The van der Waals surface area contributed by atoms with E-state index in [4.69, 9.17) is 19.2 Å². The Bertz CT molecular complexity index is 1170. The third-order valence-electron chi connectivity index (χ3n) is 5.45. The first-order chi connectivity index (χ1) is 14.6. The van der Waals surface area contributed by atoms with E-state index in [1.54, 1.807) is 27.4 Å². The lowest BCUT2D eigenvalue weighted by Gasteiger charge is -2.22. The highest BCUT2D eigenvalue weighted by Crippen LogP contribution is 2.40. The highest BCUT2D eigenvalue weighted by atomic mass is 16.5. The molecule has 1 aliphatic carbocycles. The Morgan fingerprint density at radius 3 is 2.40 bits per heavy atom. The molecule has 30 heavy (non-hydrogen) atoms. The molecule has 0 spiro atoms. The van der Waals surface area contributed by atoms with E-state index >= 15 is 0 Å². The fourth-order valence-electron chi connectivity index (χ4n) is 4.07. The molecular formula is C24H23NO5. The van der Waals surface area contributed by atoms with Gasteiger partial charge in [0, 0.05) is 17.0 Å². The third-order valence-corrected chi connectivity index (χ3v) is 5.45. The van der Waals surface area contributed by atoms with Crippen LogP contribution in [0.1, 0.15) is 40.0 Å². The Morgan fingerprint density at radius 2 is 1.70 bits per heavy atom. The van der Waals surface area contributed by atoms with Crippen molar-refractivity contribution in [1.82, 2.24) is 4.98 Å². The van der Waals surface area contributed by atoms with E-state index < -0.39 is 5.97 Å². The summed E-state index contributed by atoms with van der Waals surface area (Å²) in [7, 11) is 4.77. The lowest BCUT2D eigenvalue weighted by atomic mass is 9.86. The van der Waals surface area contributed by atoms with Crippen LogP contribution in [0.4, 0.5) is 0 Å². The van der Waals surface area contributed by atoms with Gasteiger partial charge in [0.15, 0.2) is 11.5 Å². The number of carbonyl (C=O) groups is 1. The van der Waals surface area contributed by atoms with E-state index in [0.29, 0.717) is 40.1 Å². The molecule has 2 aromatic carbocycles. The topological polar surface area (TPSA) is 77.9 Å². The maximum absolute atomic E-state index is 12.1. The van der Waals surface area contributed by atoms with Crippen LogP contribution < -0.4 is 14.2 Å². The van der Waals surface area contributed by atoms with E-state index in [2.05, 4.69) is 0 Å². The second kappa shape index (κ2) is 8.06. The standard InChI is InChI=1S/C24H23NO5/c1-28-19-13-21(30-3)20(29-2)12-15(19)11-14-7-6-9-17-22(24(26)27)16-8-4-5-10-18(16)25-23(14)17/h4-5,8,10-13H,6-7,9H2,1-3H3,(H,26,27). The highest BCUT2D eigenvalue weighted by molar-refractivity contribution is 6.06. The Morgan fingerprint density at radius 1 is 1.00 bits per heavy atom. The average Bonchev–Trinajstić information content (AvgIpc) is 2.77. The van der Waals surface area contributed by atoms with Gasteiger partial charge in [0.25, 0.3) is 0 Å². The average molecular weight is 405 g/mol. The number of allylic oxidation sites excluding steroid dienone is 1. The fourth-order valence-corrected chi connectivity index (χ4v) is 4.07. The number of aromatic nitrogens is 1. The van der Waals surface area contributed by atoms with Crippen LogP contribution in [0, 0.1) is 0 Å². The minimum Gasteiger partial charge on any atom is -0.496 e. The minimum absolute atomic E-state index is 0.348. The van der Waals surface area contributed by atoms with E-state index in [-0.39, 0.29) is 0 Å². The summed E-state index contributed by atoms with van der Waals surface area (Å²) >= 11 is 0. The van der Waals surface area contributed by atoms with Crippen LogP contribution in [0.5, 0.6) is 17.2 Å². The van der Waals surface area contributed by atoms with Crippen molar-refractivity contribution in [2.45, 2.75) is 19.3 Å². The van der Waals surface area contributed by atoms with Gasteiger partial charge < -0.3 is 19.3 Å². The molecule has 0 atom stereocenters. The second-order valence-corrected chi connectivity index (χ2v) is 7.11. The van der Waals surface area contributed by atoms with Crippen molar-refractivity contribution < 1.29 is 24.1 Å². The summed E-state index contributed by atoms with van der Waals surface area (Å²) in [5.74, 6) is 0.901. The zero-order valence-electron chi connectivity index (χ0n) is 17.2. The summed E-state index contributed by atoms with van der Waals surface area (Å²) in [5, 5.41) is 10.6. The normalized spacial score (nSPS) is 14.4. The predicted octanol–water partition coefficient (Wildman–Crippen LogP) is 4.84.